The molecule has 0 aliphatic heterocycles. The van der Waals surface area contributed by atoms with Gasteiger partial charge in [-0.1, -0.05) is 0 Å². The van der Waals surface area contributed by atoms with E-state index in [4.69, 9.17) is 4.74 Å². The van der Waals surface area contributed by atoms with Crippen molar-refractivity contribution in [2.24, 2.45) is 0 Å². The monoisotopic (exact) mass is 244 g/mol. The van der Waals surface area contributed by atoms with E-state index in [-0.39, 0.29) is 0 Å². The van der Waals surface area contributed by atoms with Gasteiger partial charge in [-0.2, -0.15) is 0 Å². The molecule has 0 saturated heterocycles. The summed E-state index contributed by atoms with van der Waals surface area (Å²) in [5, 5.41) is 3.28. The second kappa shape index (κ2) is 5.95. The second-order valence-electron chi connectivity index (χ2n) is 3.89. The summed E-state index contributed by atoms with van der Waals surface area (Å²) in [6.45, 7) is 2.75. The zero-order chi connectivity index (χ0) is 12.8. The van der Waals surface area contributed by atoms with Crippen LogP contribution in [0.1, 0.15) is 11.1 Å². The predicted molar refractivity (Wildman–Crippen MR) is 69.8 cm³/mol. The lowest BCUT2D eigenvalue weighted by Gasteiger charge is -2.10. The SMILES string of the molecule is COc1ncnc(NCCc2ccncc2)c1C. The van der Waals surface area contributed by atoms with Gasteiger partial charge in [-0.15, -0.1) is 0 Å². The summed E-state index contributed by atoms with van der Waals surface area (Å²) in [6, 6.07) is 4.02. The van der Waals surface area contributed by atoms with Gasteiger partial charge in [-0.25, -0.2) is 9.97 Å². The standard InChI is InChI=1S/C13H16N4O/c1-10-12(16-9-17-13(10)18-2)15-8-5-11-3-6-14-7-4-11/h3-4,6-7,9H,5,8H2,1-2H3,(H,15,16,17). The van der Waals surface area contributed by atoms with Gasteiger partial charge in [0, 0.05) is 18.9 Å². The average molecular weight is 244 g/mol. The molecule has 5 nitrogen and oxygen atoms in total. The summed E-state index contributed by atoms with van der Waals surface area (Å²) in [4.78, 5) is 12.2. The molecule has 2 aromatic rings. The lowest BCUT2D eigenvalue weighted by atomic mass is 10.2. The number of hydrogen-bond acceptors (Lipinski definition) is 5. The van der Waals surface area contributed by atoms with E-state index >= 15 is 0 Å². The van der Waals surface area contributed by atoms with Gasteiger partial charge in [0.25, 0.3) is 0 Å². The number of pyridine rings is 1. The van der Waals surface area contributed by atoms with E-state index in [1.165, 1.54) is 11.9 Å². The van der Waals surface area contributed by atoms with Crippen molar-refractivity contribution in [3.63, 3.8) is 0 Å². The molecule has 0 saturated carbocycles. The van der Waals surface area contributed by atoms with Crippen molar-refractivity contribution in [3.8, 4) is 5.88 Å². The van der Waals surface area contributed by atoms with Crippen LogP contribution in [0.3, 0.4) is 0 Å². The molecule has 0 aliphatic rings. The minimum absolute atomic E-state index is 0.608. The highest BCUT2D eigenvalue weighted by Crippen LogP contribution is 2.19. The van der Waals surface area contributed by atoms with Crippen LogP contribution in [0.5, 0.6) is 5.88 Å². The zero-order valence-electron chi connectivity index (χ0n) is 10.6. The number of methoxy groups -OCH3 is 1. The van der Waals surface area contributed by atoms with Crippen LogP contribution in [0.15, 0.2) is 30.9 Å². The molecule has 2 aromatic heterocycles. The highest BCUT2D eigenvalue weighted by molar-refractivity contribution is 5.47. The molecule has 0 unspecified atom stereocenters. The van der Waals surface area contributed by atoms with E-state index in [2.05, 4.69) is 20.3 Å². The number of ether oxygens (including phenoxy) is 1. The molecule has 5 heteroatoms. The van der Waals surface area contributed by atoms with Crippen LogP contribution in [0.25, 0.3) is 0 Å². The molecule has 0 radical (unpaired) electrons. The average Bonchev–Trinajstić information content (AvgIpc) is 2.42. The van der Waals surface area contributed by atoms with Crippen molar-refractivity contribution in [2.75, 3.05) is 19.0 Å². The Hall–Kier alpha value is -2.17. The lowest BCUT2D eigenvalue weighted by Crippen LogP contribution is -2.08. The molecule has 18 heavy (non-hydrogen) atoms. The highest BCUT2D eigenvalue weighted by atomic mass is 16.5. The van der Waals surface area contributed by atoms with E-state index in [0.29, 0.717) is 5.88 Å². The van der Waals surface area contributed by atoms with Gasteiger partial charge in [-0.3, -0.25) is 4.98 Å². The minimum Gasteiger partial charge on any atom is -0.481 e. The van der Waals surface area contributed by atoms with E-state index in [0.717, 1.165) is 24.3 Å². The van der Waals surface area contributed by atoms with Crippen molar-refractivity contribution in [1.29, 1.82) is 0 Å². The first-order chi connectivity index (χ1) is 8.81. The Kier molecular flexibility index (Phi) is 4.06. The van der Waals surface area contributed by atoms with Crippen molar-refractivity contribution in [2.45, 2.75) is 13.3 Å². The molecule has 0 bridgehead atoms. The van der Waals surface area contributed by atoms with E-state index in [9.17, 15) is 0 Å². The van der Waals surface area contributed by atoms with Crippen molar-refractivity contribution in [3.05, 3.63) is 42.0 Å². The van der Waals surface area contributed by atoms with Gasteiger partial charge in [-0.05, 0) is 31.0 Å². The molecule has 0 aliphatic carbocycles. The molecule has 2 heterocycles. The fraction of sp³-hybridized carbons (Fsp3) is 0.308. The molecule has 0 atom stereocenters. The molecular weight excluding hydrogens is 228 g/mol. The fourth-order valence-corrected chi connectivity index (χ4v) is 1.69. The molecule has 2 rings (SSSR count). The van der Waals surface area contributed by atoms with Crippen LogP contribution in [-0.2, 0) is 6.42 Å². The maximum Gasteiger partial charge on any atom is 0.221 e. The third-order valence-corrected chi connectivity index (χ3v) is 2.69. The predicted octanol–water partition coefficient (Wildman–Crippen LogP) is 1.84. The summed E-state index contributed by atoms with van der Waals surface area (Å²) >= 11 is 0. The summed E-state index contributed by atoms with van der Waals surface area (Å²) in [7, 11) is 1.61. The highest BCUT2D eigenvalue weighted by Gasteiger charge is 2.06. The fourth-order valence-electron chi connectivity index (χ4n) is 1.69. The van der Waals surface area contributed by atoms with Gasteiger partial charge < -0.3 is 10.1 Å². The minimum atomic E-state index is 0.608. The Morgan fingerprint density at radius 3 is 2.72 bits per heavy atom. The van der Waals surface area contributed by atoms with Crippen LogP contribution in [0, 0.1) is 6.92 Å². The molecule has 0 spiro atoms. The number of nitrogens with one attached hydrogen (secondary N) is 1. The van der Waals surface area contributed by atoms with Crippen molar-refractivity contribution < 1.29 is 4.74 Å². The number of anilines is 1. The van der Waals surface area contributed by atoms with E-state index in [1.807, 2.05) is 19.1 Å². The molecule has 0 fully saturated rings. The second-order valence-corrected chi connectivity index (χ2v) is 3.89. The maximum absolute atomic E-state index is 5.15. The number of aromatic nitrogens is 3. The Balaban J connectivity index is 1.95. The lowest BCUT2D eigenvalue weighted by molar-refractivity contribution is 0.393. The summed E-state index contributed by atoms with van der Waals surface area (Å²) in [6.07, 6.45) is 6.03. The molecule has 0 amide bonds. The first-order valence-corrected chi connectivity index (χ1v) is 5.79. The van der Waals surface area contributed by atoms with E-state index < -0.39 is 0 Å². The quantitative estimate of drug-likeness (QED) is 0.869. The number of hydrogen-bond donors (Lipinski definition) is 1. The van der Waals surface area contributed by atoms with Gasteiger partial charge in [0.15, 0.2) is 0 Å². The van der Waals surface area contributed by atoms with Crippen LogP contribution < -0.4 is 10.1 Å². The Morgan fingerprint density at radius 1 is 1.22 bits per heavy atom. The third-order valence-electron chi connectivity index (χ3n) is 2.69. The Morgan fingerprint density at radius 2 is 2.00 bits per heavy atom. The van der Waals surface area contributed by atoms with Gasteiger partial charge in [0.1, 0.15) is 12.1 Å². The largest absolute Gasteiger partial charge is 0.481 e. The van der Waals surface area contributed by atoms with Crippen molar-refractivity contribution >= 4 is 5.82 Å². The Labute approximate surface area is 106 Å². The smallest absolute Gasteiger partial charge is 0.221 e. The summed E-state index contributed by atoms with van der Waals surface area (Å²) < 4.78 is 5.15. The van der Waals surface area contributed by atoms with Gasteiger partial charge in [0.2, 0.25) is 5.88 Å². The van der Waals surface area contributed by atoms with Gasteiger partial charge >= 0.3 is 0 Å². The number of rotatable bonds is 5. The first kappa shape index (κ1) is 12.3. The zero-order valence-corrected chi connectivity index (χ0v) is 10.6. The third kappa shape index (κ3) is 2.94. The topological polar surface area (TPSA) is 59.9 Å². The Bertz CT molecular complexity index is 502. The molecule has 94 valence electrons. The first-order valence-electron chi connectivity index (χ1n) is 5.79. The van der Waals surface area contributed by atoms with Crippen LogP contribution in [-0.4, -0.2) is 28.6 Å². The van der Waals surface area contributed by atoms with Crippen LogP contribution >= 0.6 is 0 Å². The van der Waals surface area contributed by atoms with Crippen LogP contribution in [0.2, 0.25) is 0 Å². The van der Waals surface area contributed by atoms with Gasteiger partial charge in [0.05, 0.1) is 12.7 Å². The molecule has 1 N–H and O–H groups in total. The maximum atomic E-state index is 5.15. The normalized spacial score (nSPS) is 10.1. The number of nitrogens with zero attached hydrogens (tertiary/aromatic N) is 3. The summed E-state index contributed by atoms with van der Waals surface area (Å²) in [5.74, 6) is 1.42. The molecular formula is C13H16N4O. The van der Waals surface area contributed by atoms with Crippen molar-refractivity contribution in [1.82, 2.24) is 15.0 Å². The summed E-state index contributed by atoms with van der Waals surface area (Å²) in [5.41, 5.74) is 2.17. The van der Waals surface area contributed by atoms with Crippen LogP contribution in [0.4, 0.5) is 5.82 Å². The van der Waals surface area contributed by atoms with E-state index in [1.54, 1.807) is 19.5 Å². The molecule has 0 aromatic carbocycles.